The molecule has 1 N–H and O–H groups in total. The highest BCUT2D eigenvalue weighted by molar-refractivity contribution is 7.10. The van der Waals surface area contributed by atoms with Gasteiger partial charge in [0, 0.05) is 16.8 Å². The minimum atomic E-state index is 0.00236. The Hall–Kier alpha value is -1.95. The van der Waals surface area contributed by atoms with Gasteiger partial charge in [-0.2, -0.15) is 0 Å². The fourth-order valence-corrected chi connectivity index (χ4v) is 4.33. The molecule has 4 nitrogen and oxygen atoms in total. The van der Waals surface area contributed by atoms with Crippen LogP contribution in [0.5, 0.6) is 0 Å². The minimum Gasteiger partial charge on any atom is -0.453 e. The largest absolute Gasteiger partial charge is 0.453 e. The average Bonchev–Trinajstić information content (AvgIpc) is 3.39. The van der Waals surface area contributed by atoms with Crippen molar-refractivity contribution in [1.29, 1.82) is 0 Å². The lowest BCUT2D eigenvalue weighted by Crippen LogP contribution is -2.35. The van der Waals surface area contributed by atoms with Gasteiger partial charge in [-0.3, -0.25) is 9.69 Å². The van der Waals surface area contributed by atoms with E-state index in [1.54, 1.807) is 11.3 Å². The van der Waals surface area contributed by atoms with Gasteiger partial charge in [0.1, 0.15) is 5.58 Å². The molecular weight excluding hydrogens is 332 g/mol. The van der Waals surface area contributed by atoms with Crippen molar-refractivity contribution in [1.82, 2.24) is 10.2 Å². The maximum absolute atomic E-state index is 12.4. The quantitative estimate of drug-likeness (QED) is 0.649. The first-order valence-electron chi connectivity index (χ1n) is 8.81. The molecule has 0 bridgehead atoms. The van der Waals surface area contributed by atoms with E-state index in [2.05, 4.69) is 27.7 Å². The first-order valence-corrected chi connectivity index (χ1v) is 9.69. The van der Waals surface area contributed by atoms with Crippen LogP contribution in [0, 0.1) is 0 Å². The molecule has 0 amide bonds. The second-order valence-corrected chi connectivity index (χ2v) is 7.46. The second-order valence-electron chi connectivity index (χ2n) is 6.48. The van der Waals surface area contributed by atoms with Crippen LogP contribution in [-0.4, -0.2) is 36.9 Å². The molecule has 1 aliphatic heterocycles. The zero-order valence-corrected chi connectivity index (χ0v) is 14.9. The Balaban J connectivity index is 1.38. The molecule has 1 saturated heterocycles. The van der Waals surface area contributed by atoms with Gasteiger partial charge in [0.25, 0.3) is 0 Å². The summed E-state index contributed by atoms with van der Waals surface area (Å²) in [7, 11) is 0. The molecule has 1 aromatic carbocycles. The highest BCUT2D eigenvalue weighted by Gasteiger charge is 2.24. The number of fused-ring (bicyclic) bond motifs is 1. The number of nitrogens with zero attached hydrogens (tertiary/aromatic N) is 1. The monoisotopic (exact) mass is 354 g/mol. The molecule has 0 aliphatic carbocycles. The number of benzene rings is 1. The van der Waals surface area contributed by atoms with Crippen LogP contribution in [-0.2, 0) is 0 Å². The van der Waals surface area contributed by atoms with Crippen molar-refractivity contribution in [2.45, 2.75) is 18.9 Å². The standard InChI is InChI=1S/C20H22N2O2S/c23-17(19-12-15-6-1-2-7-18(15)24-19)14-21-13-16(20-8-5-11-25-20)22-9-3-4-10-22/h1-2,5-8,11-12,16,21H,3-4,9-10,13-14H2. The number of ketones is 1. The maximum atomic E-state index is 12.4. The van der Waals surface area contributed by atoms with E-state index in [-0.39, 0.29) is 5.78 Å². The predicted octanol–water partition coefficient (Wildman–Crippen LogP) is 4.10. The van der Waals surface area contributed by atoms with E-state index in [0.29, 0.717) is 18.3 Å². The number of thiophene rings is 1. The molecule has 3 aromatic rings. The summed E-state index contributed by atoms with van der Waals surface area (Å²) in [5.41, 5.74) is 0.763. The zero-order valence-electron chi connectivity index (χ0n) is 14.1. The molecule has 0 radical (unpaired) electrons. The summed E-state index contributed by atoms with van der Waals surface area (Å²) in [4.78, 5) is 16.3. The van der Waals surface area contributed by atoms with Crippen molar-refractivity contribution in [3.63, 3.8) is 0 Å². The van der Waals surface area contributed by atoms with Crippen molar-refractivity contribution < 1.29 is 9.21 Å². The van der Waals surface area contributed by atoms with Crippen molar-refractivity contribution in [3.8, 4) is 0 Å². The fourth-order valence-electron chi connectivity index (χ4n) is 3.47. The van der Waals surface area contributed by atoms with Gasteiger partial charge < -0.3 is 9.73 Å². The van der Waals surface area contributed by atoms with Crippen LogP contribution in [0.1, 0.15) is 34.3 Å². The van der Waals surface area contributed by atoms with Crippen molar-refractivity contribution in [3.05, 3.63) is 58.5 Å². The number of nitrogens with one attached hydrogen (secondary N) is 1. The van der Waals surface area contributed by atoms with Gasteiger partial charge in [-0.05, 0) is 49.5 Å². The Bertz CT molecular complexity index is 801. The third-order valence-corrected chi connectivity index (χ3v) is 5.75. The molecule has 0 spiro atoms. The number of carbonyl (C=O) groups is 1. The molecule has 1 unspecified atom stereocenters. The number of para-hydroxylation sites is 1. The van der Waals surface area contributed by atoms with Crippen LogP contribution in [0.15, 0.2) is 52.3 Å². The van der Waals surface area contributed by atoms with Crippen LogP contribution in [0.4, 0.5) is 0 Å². The second kappa shape index (κ2) is 7.52. The van der Waals surface area contributed by atoms with Gasteiger partial charge in [0.15, 0.2) is 5.76 Å². The van der Waals surface area contributed by atoms with E-state index in [1.807, 2.05) is 30.3 Å². The van der Waals surface area contributed by atoms with E-state index in [4.69, 9.17) is 4.42 Å². The van der Waals surface area contributed by atoms with Gasteiger partial charge in [0.2, 0.25) is 5.78 Å². The molecule has 1 fully saturated rings. The molecule has 4 rings (SSSR count). The van der Waals surface area contributed by atoms with Crippen molar-refractivity contribution in [2.24, 2.45) is 0 Å². The summed E-state index contributed by atoms with van der Waals surface area (Å²) >= 11 is 1.79. The van der Waals surface area contributed by atoms with Crippen LogP contribution in [0.25, 0.3) is 11.0 Å². The summed E-state index contributed by atoms with van der Waals surface area (Å²) in [6.07, 6.45) is 2.53. The Morgan fingerprint density at radius 1 is 1.20 bits per heavy atom. The van der Waals surface area contributed by atoms with Crippen LogP contribution >= 0.6 is 11.3 Å². The topological polar surface area (TPSA) is 45.5 Å². The highest BCUT2D eigenvalue weighted by Crippen LogP contribution is 2.27. The first kappa shape index (κ1) is 16.5. The Kier molecular flexibility index (Phi) is 4.97. The van der Waals surface area contributed by atoms with Gasteiger partial charge >= 0.3 is 0 Å². The third-order valence-electron chi connectivity index (χ3n) is 4.78. The maximum Gasteiger partial charge on any atom is 0.211 e. The molecule has 5 heteroatoms. The van der Waals surface area contributed by atoms with E-state index < -0.39 is 0 Å². The SMILES string of the molecule is O=C(CNCC(c1cccs1)N1CCCC1)c1cc2ccccc2o1. The summed E-state index contributed by atoms with van der Waals surface area (Å²) < 4.78 is 5.66. The molecule has 130 valence electrons. The highest BCUT2D eigenvalue weighted by atomic mass is 32.1. The van der Waals surface area contributed by atoms with Crippen LogP contribution < -0.4 is 5.32 Å². The van der Waals surface area contributed by atoms with Crippen molar-refractivity contribution in [2.75, 3.05) is 26.2 Å². The van der Waals surface area contributed by atoms with Crippen LogP contribution in [0.2, 0.25) is 0 Å². The summed E-state index contributed by atoms with van der Waals surface area (Å²) in [5.74, 6) is 0.435. The Morgan fingerprint density at radius 3 is 2.80 bits per heavy atom. The van der Waals surface area contributed by atoms with Gasteiger partial charge in [-0.15, -0.1) is 11.3 Å². The zero-order chi connectivity index (χ0) is 17.1. The fraction of sp³-hybridized carbons (Fsp3) is 0.350. The number of rotatable bonds is 7. The van der Waals surface area contributed by atoms with Crippen molar-refractivity contribution >= 4 is 28.1 Å². The minimum absolute atomic E-state index is 0.00236. The summed E-state index contributed by atoms with van der Waals surface area (Å²) in [6, 6.07) is 14.2. The summed E-state index contributed by atoms with van der Waals surface area (Å²) in [5, 5.41) is 6.44. The van der Waals surface area contributed by atoms with E-state index in [9.17, 15) is 4.79 Å². The van der Waals surface area contributed by atoms with E-state index >= 15 is 0 Å². The smallest absolute Gasteiger partial charge is 0.211 e. The molecular formula is C20H22N2O2S. The van der Waals surface area contributed by atoms with Gasteiger partial charge in [0.05, 0.1) is 12.6 Å². The van der Waals surface area contributed by atoms with Gasteiger partial charge in [-0.25, -0.2) is 0 Å². The number of carbonyl (C=O) groups excluding carboxylic acids is 1. The molecule has 25 heavy (non-hydrogen) atoms. The lowest BCUT2D eigenvalue weighted by molar-refractivity contribution is 0.0963. The molecule has 1 aliphatic rings. The van der Waals surface area contributed by atoms with E-state index in [0.717, 1.165) is 30.6 Å². The number of hydrogen-bond donors (Lipinski definition) is 1. The lowest BCUT2D eigenvalue weighted by atomic mass is 10.2. The number of Topliss-reactive ketones (excluding diaryl/α,β-unsaturated/α-hetero) is 1. The normalized spacial score (nSPS) is 16.5. The Labute approximate surface area is 151 Å². The van der Waals surface area contributed by atoms with Crippen LogP contribution in [0.3, 0.4) is 0 Å². The summed E-state index contributed by atoms with van der Waals surface area (Å²) in [6.45, 7) is 3.37. The van der Waals surface area contributed by atoms with Gasteiger partial charge in [-0.1, -0.05) is 24.3 Å². The first-order chi connectivity index (χ1) is 12.3. The lowest BCUT2D eigenvalue weighted by Gasteiger charge is -2.26. The Morgan fingerprint density at radius 2 is 2.04 bits per heavy atom. The molecule has 3 heterocycles. The number of furan rings is 1. The van der Waals surface area contributed by atoms with E-state index in [1.165, 1.54) is 17.7 Å². The molecule has 1 atom stereocenters. The molecule has 2 aromatic heterocycles. The molecule has 0 saturated carbocycles. The average molecular weight is 354 g/mol. The third kappa shape index (κ3) is 3.68. The predicted molar refractivity (Wildman–Crippen MR) is 101 cm³/mol. The number of hydrogen-bond acceptors (Lipinski definition) is 5. The number of likely N-dealkylation sites (tertiary alicyclic amines) is 1.